The first-order chi connectivity index (χ1) is 10.0. The SMILES string of the molecule is COc1ccc(Oc2ccc(C(C)O)cn2)c([N+](=O)[O-])c1. The van der Waals surface area contributed by atoms with Crippen molar-refractivity contribution in [1.82, 2.24) is 4.98 Å². The molecule has 0 aliphatic heterocycles. The molecule has 7 heteroatoms. The summed E-state index contributed by atoms with van der Waals surface area (Å²) in [6.07, 6.45) is 0.817. The largest absolute Gasteiger partial charge is 0.496 e. The molecule has 7 nitrogen and oxygen atoms in total. The van der Waals surface area contributed by atoms with Crippen LogP contribution in [0, 0.1) is 10.1 Å². The molecule has 2 rings (SSSR count). The van der Waals surface area contributed by atoms with Crippen molar-refractivity contribution in [3.8, 4) is 17.4 Å². The molecule has 0 amide bonds. The second-order valence-electron chi connectivity index (χ2n) is 4.30. The lowest BCUT2D eigenvalue weighted by atomic mass is 10.2. The molecular formula is C14H14N2O5. The van der Waals surface area contributed by atoms with Gasteiger partial charge in [0.2, 0.25) is 11.6 Å². The van der Waals surface area contributed by atoms with Gasteiger partial charge in [0.25, 0.3) is 0 Å². The highest BCUT2D eigenvalue weighted by Crippen LogP contribution is 2.33. The fourth-order valence-corrected chi connectivity index (χ4v) is 1.67. The number of hydrogen-bond acceptors (Lipinski definition) is 6. The minimum Gasteiger partial charge on any atom is -0.496 e. The second-order valence-corrected chi connectivity index (χ2v) is 4.30. The summed E-state index contributed by atoms with van der Waals surface area (Å²) in [7, 11) is 1.43. The molecule has 1 atom stereocenters. The van der Waals surface area contributed by atoms with E-state index < -0.39 is 11.0 Å². The summed E-state index contributed by atoms with van der Waals surface area (Å²) in [5, 5.41) is 20.4. The molecule has 1 heterocycles. The Bertz CT molecular complexity index is 640. The molecule has 0 saturated heterocycles. The maximum absolute atomic E-state index is 11.0. The van der Waals surface area contributed by atoms with Crippen molar-refractivity contribution in [2.24, 2.45) is 0 Å². The molecule has 0 spiro atoms. The number of hydrogen-bond donors (Lipinski definition) is 1. The van der Waals surface area contributed by atoms with Gasteiger partial charge in [-0.05, 0) is 30.7 Å². The van der Waals surface area contributed by atoms with Crippen molar-refractivity contribution in [3.05, 3.63) is 52.2 Å². The molecule has 0 radical (unpaired) electrons. The Morgan fingerprint density at radius 1 is 1.33 bits per heavy atom. The Balaban J connectivity index is 2.28. The van der Waals surface area contributed by atoms with Crippen LogP contribution in [-0.4, -0.2) is 22.1 Å². The zero-order valence-electron chi connectivity index (χ0n) is 11.5. The molecule has 1 aromatic carbocycles. The van der Waals surface area contributed by atoms with Crippen LogP contribution in [-0.2, 0) is 0 Å². The lowest BCUT2D eigenvalue weighted by Gasteiger charge is -2.08. The molecule has 21 heavy (non-hydrogen) atoms. The Labute approximate surface area is 120 Å². The van der Waals surface area contributed by atoms with Gasteiger partial charge >= 0.3 is 5.69 Å². The summed E-state index contributed by atoms with van der Waals surface area (Å²) < 4.78 is 10.4. The third-order valence-corrected chi connectivity index (χ3v) is 2.82. The number of aromatic nitrogens is 1. The van der Waals surface area contributed by atoms with Gasteiger partial charge in [0.15, 0.2) is 0 Å². The van der Waals surface area contributed by atoms with Crippen LogP contribution < -0.4 is 9.47 Å². The third-order valence-electron chi connectivity index (χ3n) is 2.82. The number of aliphatic hydroxyl groups excluding tert-OH is 1. The number of aliphatic hydroxyl groups is 1. The van der Waals surface area contributed by atoms with E-state index in [1.54, 1.807) is 19.1 Å². The van der Waals surface area contributed by atoms with Gasteiger partial charge in [-0.3, -0.25) is 10.1 Å². The lowest BCUT2D eigenvalue weighted by Crippen LogP contribution is -1.97. The van der Waals surface area contributed by atoms with Crippen LogP contribution >= 0.6 is 0 Å². The zero-order valence-corrected chi connectivity index (χ0v) is 11.5. The van der Waals surface area contributed by atoms with Gasteiger partial charge in [0.1, 0.15) is 5.75 Å². The van der Waals surface area contributed by atoms with Crippen LogP contribution in [0.5, 0.6) is 17.4 Å². The van der Waals surface area contributed by atoms with E-state index >= 15 is 0 Å². The van der Waals surface area contributed by atoms with Crippen molar-refractivity contribution in [2.75, 3.05) is 7.11 Å². The lowest BCUT2D eigenvalue weighted by molar-refractivity contribution is -0.385. The number of methoxy groups -OCH3 is 1. The molecule has 0 aliphatic carbocycles. The molecule has 0 saturated carbocycles. The number of ether oxygens (including phenoxy) is 2. The fourth-order valence-electron chi connectivity index (χ4n) is 1.67. The minimum atomic E-state index is -0.637. The Hall–Kier alpha value is -2.67. The maximum Gasteiger partial charge on any atom is 0.315 e. The van der Waals surface area contributed by atoms with E-state index in [9.17, 15) is 15.2 Å². The van der Waals surface area contributed by atoms with Gasteiger partial charge in [-0.1, -0.05) is 0 Å². The predicted octanol–water partition coefficient (Wildman–Crippen LogP) is 2.84. The number of rotatable bonds is 5. The summed E-state index contributed by atoms with van der Waals surface area (Å²) in [5.74, 6) is 0.636. The van der Waals surface area contributed by atoms with Crippen LogP contribution in [0.15, 0.2) is 36.5 Å². The molecular weight excluding hydrogens is 276 g/mol. The van der Waals surface area contributed by atoms with E-state index in [-0.39, 0.29) is 17.3 Å². The number of nitrogens with zero attached hydrogens (tertiary/aromatic N) is 2. The monoisotopic (exact) mass is 290 g/mol. The van der Waals surface area contributed by atoms with Crippen molar-refractivity contribution in [3.63, 3.8) is 0 Å². The number of pyridine rings is 1. The molecule has 110 valence electrons. The smallest absolute Gasteiger partial charge is 0.315 e. The quantitative estimate of drug-likeness (QED) is 0.672. The number of benzene rings is 1. The molecule has 0 fully saturated rings. The molecule has 1 aromatic heterocycles. The Kier molecular flexibility index (Phi) is 4.34. The van der Waals surface area contributed by atoms with Gasteiger partial charge in [-0.15, -0.1) is 0 Å². The molecule has 0 aliphatic rings. The minimum absolute atomic E-state index is 0.0677. The van der Waals surface area contributed by atoms with E-state index in [2.05, 4.69) is 4.98 Å². The average Bonchev–Trinajstić information content (AvgIpc) is 2.48. The number of nitro groups is 1. The first-order valence-electron chi connectivity index (χ1n) is 6.15. The van der Waals surface area contributed by atoms with E-state index in [1.165, 1.54) is 31.5 Å². The standard InChI is InChI=1S/C14H14N2O5/c1-9(17)10-3-6-14(15-8-10)21-13-5-4-11(20-2)7-12(13)16(18)19/h3-9,17H,1-2H3. The van der Waals surface area contributed by atoms with Crippen molar-refractivity contribution < 1.29 is 19.5 Å². The summed E-state index contributed by atoms with van der Waals surface area (Å²) in [6, 6.07) is 7.46. The van der Waals surface area contributed by atoms with Crippen LogP contribution in [0.25, 0.3) is 0 Å². The van der Waals surface area contributed by atoms with Crippen molar-refractivity contribution in [2.45, 2.75) is 13.0 Å². The summed E-state index contributed by atoms with van der Waals surface area (Å²) in [5.41, 5.74) is 0.419. The molecule has 1 N–H and O–H groups in total. The van der Waals surface area contributed by atoms with Gasteiger partial charge < -0.3 is 14.6 Å². The van der Waals surface area contributed by atoms with Crippen LogP contribution in [0.4, 0.5) is 5.69 Å². The predicted molar refractivity (Wildman–Crippen MR) is 74.6 cm³/mol. The van der Waals surface area contributed by atoms with Crippen molar-refractivity contribution >= 4 is 5.69 Å². The zero-order chi connectivity index (χ0) is 15.4. The van der Waals surface area contributed by atoms with E-state index in [1.807, 2.05) is 0 Å². The third kappa shape index (κ3) is 3.46. The van der Waals surface area contributed by atoms with Gasteiger partial charge in [-0.25, -0.2) is 4.98 Å². The second kappa shape index (κ2) is 6.19. The Morgan fingerprint density at radius 2 is 2.10 bits per heavy atom. The first kappa shape index (κ1) is 14.7. The van der Waals surface area contributed by atoms with E-state index in [0.717, 1.165) is 0 Å². The fraction of sp³-hybridized carbons (Fsp3) is 0.214. The summed E-state index contributed by atoms with van der Waals surface area (Å²) in [4.78, 5) is 14.5. The molecule has 2 aromatic rings. The van der Waals surface area contributed by atoms with Crippen LogP contribution in [0.2, 0.25) is 0 Å². The normalized spacial score (nSPS) is 11.8. The van der Waals surface area contributed by atoms with Crippen LogP contribution in [0.1, 0.15) is 18.6 Å². The summed E-state index contributed by atoms with van der Waals surface area (Å²) >= 11 is 0. The Morgan fingerprint density at radius 3 is 2.62 bits per heavy atom. The molecule has 0 bridgehead atoms. The highest BCUT2D eigenvalue weighted by molar-refractivity contribution is 5.52. The number of nitro benzene ring substituents is 1. The van der Waals surface area contributed by atoms with E-state index in [4.69, 9.17) is 9.47 Å². The molecule has 1 unspecified atom stereocenters. The van der Waals surface area contributed by atoms with Gasteiger partial charge in [-0.2, -0.15) is 0 Å². The highest BCUT2D eigenvalue weighted by atomic mass is 16.6. The van der Waals surface area contributed by atoms with Gasteiger partial charge in [0, 0.05) is 12.3 Å². The maximum atomic E-state index is 11.0. The topological polar surface area (TPSA) is 94.7 Å². The highest BCUT2D eigenvalue weighted by Gasteiger charge is 2.17. The van der Waals surface area contributed by atoms with E-state index in [0.29, 0.717) is 11.3 Å². The van der Waals surface area contributed by atoms with Gasteiger partial charge in [0.05, 0.1) is 24.2 Å². The first-order valence-corrected chi connectivity index (χ1v) is 6.15. The average molecular weight is 290 g/mol. The van der Waals surface area contributed by atoms with Crippen LogP contribution in [0.3, 0.4) is 0 Å². The summed E-state index contributed by atoms with van der Waals surface area (Å²) in [6.45, 7) is 1.62. The van der Waals surface area contributed by atoms with Crippen molar-refractivity contribution in [1.29, 1.82) is 0 Å².